The van der Waals surface area contributed by atoms with E-state index in [0.29, 0.717) is 26.3 Å². The third-order valence-electron chi connectivity index (χ3n) is 3.28. The van der Waals surface area contributed by atoms with Crippen LogP contribution in [0.5, 0.6) is 0 Å². The van der Waals surface area contributed by atoms with Gasteiger partial charge in [0.1, 0.15) is 0 Å². The lowest BCUT2D eigenvalue weighted by molar-refractivity contribution is 0.188. The van der Waals surface area contributed by atoms with Gasteiger partial charge in [0.05, 0.1) is 12.4 Å². The van der Waals surface area contributed by atoms with E-state index in [-0.39, 0.29) is 17.7 Å². The van der Waals surface area contributed by atoms with Gasteiger partial charge in [-0.1, -0.05) is 0 Å². The lowest BCUT2D eigenvalue weighted by atomic mass is 10.1. The number of nitrogens with two attached hydrogens (primary N) is 1. The summed E-state index contributed by atoms with van der Waals surface area (Å²) in [6.45, 7) is 2.39. The maximum atomic E-state index is 12.1. The average Bonchev–Trinajstić information content (AvgIpc) is 2.70. The summed E-state index contributed by atoms with van der Waals surface area (Å²) in [5, 5.41) is 0. The van der Waals surface area contributed by atoms with E-state index < -0.39 is 10.0 Å². The van der Waals surface area contributed by atoms with Gasteiger partial charge in [-0.15, -0.1) is 0 Å². The van der Waals surface area contributed by atoms with Crippen LogP contribution in [-0.4, -0.2) is 50.8 Å². The number of nitrogens with zero attached hydrogens (tertiary/aromatic N) is 1. The van der Waals surface area contributed by atoms with E-state index in [4.69, 9.17) is 10.5 Å². The fourth-order valence-corrected chi connectivity index (χ4v) is 4.24. The van der Waals surface area contributed by atoms with Gasteiger partial charge >= 0.3 is 0 Å². The molecular weight excluding hydrogens is 228 g/mol. The van der Waals surface area contributed by atoms with Gasteiger partial charge in [0, 0.05) is 25.7 Å². The Bertz CT molecular complexity index is 325. The Labute approximate surface area is 97.0 Å². The van der Waals surface area contributed by atoms with Crippen LogP contribution in [0, 0.1) is 5.92 Å². The number of piperidine rings is 1. The van der Waals surface area contributed by atoms with Crippen molar-refractivity contribution < 1.29 is 13.2 Å². The molecule has 2 rings (SSSR count). The van der Waals surface area contributed by atoms with Crippen LogP contribution in [0.25, 0.3) is 0 Å². The van der Waals surface area contributed by atoms with Gasteiger partial charge in [0.15, 0.2) is 0 Å². The Morgan fingerprint density at radius 1 is 1.38 bits per heavy atom. The van der Waals surface area contributed by atoms with Crippen molar-refractivity contribution in [1.29, 1.82) is 0 Å². The van der Waals surface area contributed by atoms with Crippen molar-refractivity contribution in [2.75, 3.05) is 32.1 Å². The van der Waals surface area contributed by atoms with E-state index in [1.165, 1.54) is 0 Å². The highest BCUT2D eigenvalue weighted by molar-refractivity contribution is 7.89. The van der Waals surface area contributed by atoms with Gasteiger partial charge in [-0.25, -0.2) is 12.7 Å². The summed E-state index contributed by atoms with van der Waals surface area (Å²) < 4.78 is 31.0. The third kappa shape index (κ3) is 2.94. The van der Waals surface area contributed by atoms with E-state index in [1.807, 2.05) is 0 Å². The molecule has 16 heavy (non-hydrogen) atoms. The molecule has 2 N–H and O–H groups in total. The first kappa shape index (κ1) is 12.3. The largest absolute Gasteiger partial charge is 0.381 e. The highest BCUT2D eigenvalue weighted by Gasteiger charge is 2.31. The van der Waals surface area contributed by atoms with Crippen LogP contribution in [0.3, 0.4) is 0 Å². The average molecular weight is 248 g/mol. The Morgan fingerprint density at radius 3 is 2.81 bits per heavy atom. The summed E-state index contributed by atoms with van der Waals surface area (Å²) in [4.78, 5) is 0. The Balaban J connectivity index is 1.94. The summed E-state index contributed by atoms with van der Waals surface area (Å²) in [5.74, 6) is 0.392. The fraction of sp³-hybridized carbons (Fsp3) is 1.00. The smallest absolute Gasteiger partial charge is 0.214 e. The first-order valence-corrected chi connectivity index (χ1v) is 7.50. The Kier molecular flexibility index (Phi) is 3.84. The lowest BCUT2D eigenvalue weighted by Gasteiger charge is -2.30. The second-order valence-electron chi connectivity index (χ2n) is 4.77. The SMILES string of the molecule is N[C@@H]1CCCN(S(=O)(=O)CC2CCOC2)C1. The van der Waals surface area contributed by atoms with Crippen molar-refractivity contribution in [2.45, 2.75) is 25.3 Å². The van der Waals surface area contributed by atoms with Crippen LogP contribution in [-0.2, 0) is 14.8 Å². The normalized spacial score (nSPS) is 33.1. The molecule has 2 heterocycles. The van der Waals surface area contributed by atoms with Gasteiger partial charge in [-0.2, -0.15) is 0 Å². The molecular formula is C10H20N2O3S. The second kappa shape index (κ2) is 5.00. The molecule has 2 aliphatic rings. The minimum absolute atomic E-state index is 0.00310. The summed E-state index contributed by atoms with van der Waals surface area (Å²) >= 11 is 0. The standard InChI is InChI=1S/C10H20N2O3S/c11-10-2-1-4-12(6-10)16(13,14)8-9-3-5-15-7-9/h9-10H,1-8,11H2/t9?,10-/m1/s1. The molecule has 0 aliphatic carbocycles. The molecule has 0 aromatic carbocycles. The molecule has 2 atom stereocenters. The van der Waals surface area contributed by atoms with Crippen LogP contribution in [0.2, 0.25) is 0 Å². The predicted octanol–water partition coefficient (Wildman–Crippen LogP) is -0.224. The zero-order valence-corrected chi connectivity index (χ0v) is 10.3. The molecule has 2 fully saturated rings. The molecule has 0 saturated carbocycles. The topological polar surface area (TPSA) is 72.6 Å². The van der Waals surface area contributed by atoms with Crippen molar-refractivity contribution in [1.82, 2.24) is 4.31 Å². The number of hydrogen-bond acceptors (Lipinski definition) is 4. The number of ether oxygens (including phenoxy) is 1. The molecule has 1 unspecified atom stereocenters. The molecule has 5 nitrogen and oxygen atoms in total. The maximum absolute atomic E-state index is 12.1. The summed E-state index contributed by atoms with van der Waals surface area (Å²) in [6.07, 6.45) is 2.67. The molecule has 94 valence electrons. The number of rotatable bonds is 3. The quantitative estimate of drug-likeness (QED) is 0.749. The highest BCUT2D eigenvalue weighted by atomic mass is 32.2. The van der Waals surface area contributed by atoms with E-state index >= 15 is 0 Å². The van der Waals surface area contributed by atoms with Crippen LogP contribution >= 0.6 is 0 Å². The monoisotopic (exact) mass is 248 g/mol. The van der Waals surface area contributed by atoms with Crippen molar-refractivity contribution in [3.63, 3.8) is 0 Å². The predicted molar refractivity (Wildman–Crippen MR) is 61.5 cm³/mol. The Morgan fingerprint density at radius 2 is 2.19 bits per heavy atom. The molecule has 0 bridgehead atoms. The van der Waals surface area contributed by atoms with Crippen molar-refractivity contribution in [3.8, 4) is 0 Å². The zero-order chi connectivity index (χ0) is 11.6. The third-order valence-corrected chi connectivity index (χ3v) is 5.30. The molecule has 6 heteroatoms. The van der Waals surface area contributed by atoms with Gasteiger partial charge in [0.2, 0.25) is 10.0 Å². The summed E-state index contributed by atoms with van der Waals surface area (Å²) in [6, 6.07) is 0.00310. The van der Waals surface area contributed by atoms with Crippen molar-refractivity contribution in [3.05, 3.63) is 0 Å². The van der Waals surface area contributed by atoms with Gasteiger partial charge in [-0.3, -0.25) is 0 Å². The lowest BCUT2D eigenvalue weighted by Crippen LogP contribution is -2.47. The highest BCUT2D eigenvalue weighted by Crippen LogP contribution is 2.19. The zero-order valence-electron chi connectivity index (χ0n) is 9.47. The first-order chi connectivity index (χ1) is 7.58. The molecule has 0 aromatic rings. The van der Waals surface area contributed by atoms with Crippen molar-refractivity contribution in [2.24, 2.45) is 11.7 Å². The molecule has 0 amide bonds. The van der Waals surface area contributed by atoms with Gasteiger partial charge in [0.25, 0.3) is 0 Å². The number of hydrogen-bond donors (Lipinski definition) is 1. The second-order valence-corrected chi connectivity index (χ2v) is 6.78. The molecule has 2 aliphatic heterocycles. The summed E-state index contributed by atoms with van der Waals surface area (Å²) in [7, 11) is -3.13. The Hall–Kier alpha value is -0.170. The molecule has 0 radical (unpaired) electrons. The van der Waals surface area contributed by atoms with Crippen LogP contribution in [0.4, 0.5) is 0 Å². The molecule has 0 aromatic heterocycles. The maximum Gasteiger partial charge on any atom is 0.214 e. The van der Waals surface area contributed by atoms with E-state index in [2.05, 4.69) is 0 Å². The fourth-order valence-electron chi connectivity index (χ4n) is 2.34. The first-order valence-electron chi connectivity index (χ1n) is 5.89. The van der Waals surface area contributed by atoms with Gasteiger partial charge in [-0.05, 0) is 25.2 Å². The van der Waals surface area contributed by atoms with Crippen LogP contribution in [0.15, 0.2) is 0 Å². The minimum Gasteiger partial charge on any atom is -0.381 e. The molecule has 0 spiro atoms. The van der Waals surface area contributed by atoms with Crippen LogP contribution < -0.4 is 5.73 Å². The van der Waals surface area contributed by atoms with Crippen molar-refractivity contribution >= 4 is 10.0 Å². The van der Waals surface area contributed by atoms with E-state index in [9.17, 15) is 8.42 Å². The van der Waals surface area contributed by atoms with Crippen LogP contribution in [0.1, 0.15) is 19.3 Å². The number of sulfonamides is 1. The van der Waals surface area contributed by atoms with Gasteiger partial charge < -0.3 is 10.5 Å². The summed E-state index contributed by atoms with van der Waals surface area (Å²) in [5.41, 5.74) is 5.80. The molecule has 2 saturated heterocycles. The minimum atomic E-state index is -3.13. The van der Waals surface area contributed by atoms with E-state index in [0.717, 1.165) is 19.3 Å². The van der Waals surface area contributed by atoms with E-state index in [1.54, 1.807) is 4.31 Å².